The number of sulfone groups is 1. The second kappa shape index (κ2) is 6.99. The summed E-state index contributed by atoms with van der Waals surface area (Å²) in [4.78, 5) is 18.4. The maximum absolute atomic E-state index is 11.8. The van der Waals surface area contributed by atoms with Gasteiger partial charge in [-0.2, -0.15) is 5.10 Å². The molecule has 9 heteroatoms. The first-order valence-corrected chi connectivity index (χ1v) is 10.5. The molecule has 2 aromatic heterocycles. The van der Waals surface area contributed by atoms with Gasteiger partial charge in [-0.05, 0) is 31.4 Å². The maximum atomic E-state index is 11.8. The van der Waals surface area contributed by atoms with Gasteiger partial charge in [0, 0.05) is 38.0 Å². The predicted molar refractivity (Wildman–Crippen MR) is 95.5 cm³/mol. The lowest BCUT2D eigenvalue weighted by Crippen LogP contribution is -2.36. The zero-order valence-corrected chi connectivity index (χ0v) is 15.3. The van der Waals surface area contributed by atoms with Gasteiger partial charge in [0.2, 0.25) is 0 Å². The lowest BCUT2D eigenvalue weighted by molar-refractivity contribution is 0.469. The van der Waals surface area contributed by atoms with Crippen LogP contribution in [0.15, 0.2) is 23.1 Å². The van der Waals surface area contributed by atoms with Crippen molar-refractivity contribution in [1.82, 2.24) is 19.7 Å². The van der Waals surface area contributed by atoms with E-state index in [1.165, 1.54) is 6.26 Å². The summed E-state index contributed by atoms with van der Waals surface area (Å²) in [6, 6.07) is 3.67. The van der Waals surface area contributed by atoms with Crippen LogP contribution in [0.4, 0.5) is 5.82 Å². The van der Waals surface area contributed by atoms with Crippen LogP contribution in [0.3, 0.4) is 0 Å². The monoisotopic (exact) mass is 365 g/mol. The molecule has 2 aromatic rings. The van der Waals surface area contributed by atoms with Crippen molar-refractivity contribution in [2.24, 2.45) is 0 Å². The number of hydrogen-bond acceptors (Lipinski definition) is 6. The van der Waals surface area contributed by atoms with Gasteiger partial charge in [0.25, 0.3) is 0 Å². The number of aromatic amines is 1. The molecule has 8 nitrogen and oxygen atoms in total. The fraction of sp³-hybridized carbons (Fsp3) is 0.562. The first-order valence-electron chi connectivity index (χ1n) is 8.40. The molecule has 1 N–H and O–H groups in total. The molecule has 0 radical (unpaired) electrons. The molecule has 25 heavy (non-hydrogen) atoms. The number of rotatable bonds is 5. The highest BCUT2D eigenvalue weighted by Gasteiger charge is 2.26. The number of nitrogens with one attached hydrogen (secondary N) is 1. The summed E-state index contributed by atoms with van der Waals surface area (Å²) in [5.74, 6) is 1.79. The van der Waals surface area contributed by atoms with E-state index in [1.807, 2.05) is 19.1 Å². The molecule has 3 rings (SSSR count). The minimum Gasteiger partial charge on any atom is -0.356 e. The average molecular weight is 365 g/mol. The van der Waals surface area contributed by atoms with E-state index in [1.54, 1.807) is 10.8 Å². The van der Waals surface area contributed by atoms with Crippen LogP contribution in [0.5, 0.6) is 0 Å². The van der Waals surface area contributed by atoms with Gasteiger partial charge in [-0.25, -0.2) is 23.3 Å². The lowest BCUT2D eigenvalue weighted by atomic mass is 9.97. The molecular weight excluding hydrogens is 342 g/mol. The molecule has 0 unspecified atom stereocenters. The fourth-order valence-corrected chi connectivity index (χ4v) is 4.11. The second-order valence-corrected chi connectivity index (χ2v) is 8.65. The number of aromatic nitrogens is 4. The SMILES string of the molecule is CCn1c([C@H]2CCCN(c3ccc(CS(C)(=O)=O)cn3)C2)n[nH]c1=O. The van der Waals surface area contributed by atoms with Gasteiger partial charge in [-0.3, -0.25) is 4.57 Å². The van der Waals surface area contributed by atoms with Gasteiger partial charge < -0.3 is 4.90 Å². The van der Waals surface area contributed by atoms with Crippen molar-refractivity contribution < 1.29 is 8.42 Å². The molecule has 0 aliphatic carbocycles. The molecule has 0 aromatic carbocycles. The number of piperidine rings is 1. The van der Waals surface area contributed by atoms with Crippen molar-refractivity contribution in [3.63, 3.8) is 0 Å². The third-order valence-electron chi connectivity index (χ3n) is 4.45. The molecule has 1 saturated heterocycles. The van der Waals surface area contributed by atoms with E-state index < -0.39 is 9.84 Å². The highest BCUT2D eigenvalue weighted by atomic mass is 32.2. The third kappa shape index (κ3) is 4.09. The molecule has 0 bridgehead atoms. The first kappa shape index (κ1) is 17.7. The summed E-state index contributed by atoms with van der Waals surface area (Å²) in [7, 11) is -3.06. The quantitative estimate of drug-likeness (QED) is 0.845. The minimum atomic E-state index is -3.06. The van der Waals surface area contributed by atoms with E-state index in [4.69, 9.17) is 0 Å². The predicted octanol–water partition coefficient (Wildman–Crippen LogP) is 0.915. The third-order valence-corrected chi connectivity index (χ3v) is 5.31. The van der Waals surface area contributed by atoms with E-state index in [0.717, 1.165) is 37.6 Å². The van der Waals surface area contributed by atoms with Crippen molar-refractivity contribution in [3.8, 4) is 0 Å². The van der Waals surface area contributed by atoms with Crippen LogP contribution in [0, 0.1) is 0 Å². The van der Waals surface area contributed by atoms with Gasteiger partial charge in [0.1, 0.15) is 11.6 Å². The Morgan fingerprint density at radius 2 is 2.16 bits per heavy atom. The molecule has 1 aliphatic rings. The molecule has 1 atom stereocenters. The van der Waals surface area contributed by atoms with Crippen LogP contribution in [0.1, 0.15) is 37.1 Å². The van der Waals surface area contributed by atoms with E-state index in [-0.39, 0.29) is 17.4 Å². The zero-order valence-electron chi connectivity index (χ0n) is 14.5. The van der Waals surface area contributed by atoms with Gasteiger partial charge in [-0.1, -0.05) is 6.07 Å². The molecule has 136 valence electrons. The summed E-state index contributed by atoms with van der Waals surface area (Å²) in [5.41, 5.74) is 0.518. The number of hydrogen-bond donors (Lipinski definition) is 1. The number of nitrogens with zero attached hydrogens (tertiary/aromatic N) is 4. The summed E-state index contributed by atoms with van der Waals surface area (Å²) in [6.07, 6.45) is 4.80. The van der Waals surface area contributed by atoms with E-state index in [2.05, 4.69) is 20.1 Å². The summed E-state index contributed by atoms with van der Waals surface area (Å²) in [5, 5.41) is 6.74. The van der Waals surface area contributed by atoms with Gasteiger partial charge in [0.05, 0.1) is 5.75 Å². The van der Waals surface area contributed by atoms with Crippen molar-refractivity contribution in [1.29, 1.82) is 0 Å². The number of H-pyrrole nitrogens is 1. The normalized spacial score (nSPS) is 18.5. The summed E-state index contributed by atoms with van der Waals surface area (Å²) < 4.78 is 24.4. The largest absolute Gasteiger partial charge is 0.356 e. The van der Waals surface area contributed by atoms with Crippen LogP contribution in [0.25, 0.3) is 0 Å². The summed E-state index contributed by atoms with van der Waals surface area (Å²) in [6.45, 7) is 4.15. The van der Waals surface area contributed by atoms with Crippen LogP contribution in [-0.2, 0) is 22.1 Å². The van der Waals surface area contributed by atoms with Crippen LogP contribution >= 0.6 is 0 Å². The van der Waals surface area contributed by atoms with Crippen molar-refractivity contribution >= 4 is 15.7 Å². The van der Waals surface area contributed by atoms with Crippen LogP contribution in [-0.4, -0.2) is 47.5 Å². The summed E-state index contributed by atoms with van der Waals surface area (Å²) >= 11 is 0. The Hall–Kier alpha value is -2.16. The minimum absolute atomic E-state index is 0.00104. The van der Waals surface area contributed by atoms with Gasteiger partial charge in [0.15, 0.2) is 9.84 Å². The Kier molecular flexibility index (Phi) is 4.94. The fourth-order valence-electron chi connectivity index (χ4n) is 3.33. The molecule has 1 aliphatic heterocycles. The smallest absolute Gasteiger partial charge is 0.343 e. The Morgan fingerprint density at radius 1 is 1.36 bits per heavy atom. The van der Waals surface area contributed by atoms with Crippen molar-refractivity contribution in [3.05, 3.63) is 40.2 Å². The molecule has 3 heterocycles. The first-order chi connectivity index (χ1) is 11.9. The Morgan fingerprint density at radius 3 is 2.80 bits per heavy atom. The Bertz CT molecular complexity index is 885. The number of pyridine rings is 1. The highest BCUT2D eigenvalue weighted by molar-refractivity contribution is 7.89. The van der Waals surface area contributed by atoms with Gasteiger partial charge >= 0.3 is 5.69 Å². The lowest BCUT2D eigenvalue weighted by Gasteiger charge is -2.33. The van der Waals surface area contributed by atoms with E-state index >= 15 is 0 Å². The molecule has 0 amide bonds. The van der Waals surface area contributed by atoms with Crippen LogP contribution in [0.2, 0.25) is 0 Å². The number of anilines is 1. The van der Waals surface area contributed by atoms with Crippen LogP contribution < -0.4 is 10.6 Å². The van der Waals surface area contributed by atoms with E-state index in [9.17, 15) is 13.2 Å². The van der Waals surface area contributed by atoms with Gasteiger partial charge in [-0.15, -0.1) is 0 Å². The molecular formula is C16H23N5O3S. The zero-order chi connectivity index (χ0) is 18.0. The second-order valence-electron chi connectivity index (χ2n) is 6.51. The Labute approximate surface area is 146 Å². The standard InChI is InChI=1S/C16H23N5O3S/c1-3-21-15(18-19-16(21)22)13-5-4-8-20(10-13)14-7-6-12(9-17-14)11-25(2,23)24/h6-7,9,13H,3-5,8,10-11H2,1-2H3,(H,19,22)/t13-/m0/s1. The van der Waals surface area contributed by atoms with Crippen molar-refractivity contribution in [2.45, 2.75) is 38.0 Å². The highest BCUT2D eigenvalue weighted by Crippen LogP contribution is 2.27. The topological polar surface area (TPSA) is 101 Å². The molecule has 0 saturated carbocycles. The molecule has 0 spiro atoms. The average Bonchev–Trinajstić information content (AvgIpc) is 2.95. The van der Waals surface area contributed by atoms with E-state index in [0.29, 0.717) is 12.1 Å². The Balaban J connectivity index is 1.76. The van der Waals surface area contributed by atoms with Crippen molar-refractivity contribution in [2.75, 3.05) is 24.2 Å². The maximum Gasteiger partial charge on any atom is 0.343 e. The molecule has 1 fully saturated rings.